The number of hydrogen-bond acceptors (Lipinski definition) is 4. The van der Waals surface area contributed by atoms with Gasteiger partial charge in [-0.2, -0.15) is 0 Å². The van der Waals surface area contributed by atoms with Crippen molar-refractivity contribution < 1.29 is 19.1 Å². The normalized spacial score (nSPS) is 11.4. The van der Waals surface area contributed by atoms with E-state index in [0.717, 1.165) is 18.4 Å². The van der Waals surface area contributed by atoms with Crippen molar-refractivity contribution in [3.8, 4) is 0 Å². The molecule has 0 aromatic heterocycles. The van der Waals surface area contributed by atoms with Crippen molar-refractivity contribution in [3.05, 3.63) is 35.9 Å². The van der Waals surface area contributed by atoms with Crippen molar-refractivity contribution in [2.75, 3.05) is 13.2 Å². The lowest BCUT2D eigenvalue weighted by Gasteiger charge is -2.20. The topological polar surface area (TPSA) is 52.6 Å². The maximum absolute atomic E-state index is 12.4. The summed E-state index contributed by atoms with van der Waals surface area (Å²) in [6.07, 6.45) is 21.6. The van der Waals surface area contributed by atoms with E-state index in [-0.39, 0.29) is 6.61 Å². The first-order chi connectivity index (χ1) is 17.0. The molecule has 0 unspecified atom stereocenters. The highest BCUT2D eigenvalue weighted by atomic mass is 16.6. The zero-order valence-electron chi connectivity index (χ0n) is 23.0. The first kappa shape index (κ1) is 31.2. The van der Waals surface area contributed by atoms with Crippen molar-refractivity contribution >= 4 is 11.9 Å². The SMILES string of the molecule is CCCCCCCCCCCCCCCCCCOC(=O)C(C)(C)C(=O)OCCc1ccccc1. The Hall–Kier alpha value is -1.84. The van der Waals surface area contributed by atoms with Gasteiger partial charge >= 0.3 is 11.9 Å². The van der Waals surface area contributed by atoms with Crippen LogP contribution >= 0.6 is 0 Å². The Kier molecular flexibility index (Phi) is 18.1. The predicted octanol–water partition coefficient (Wildman–Crippen LogP) is 8.60. The molecule has 0 N–H and O–H groups in total. The van der Waals surface area contributed by atoms with Crippen LogP contribution in [0.25, 0.3) is 0 Å². The molecular formula is C31H52O4. The van der Waals surface area contributed by atoms with E-state index < -0.39 is 17.4 Å². The summed E-state index contributed by atoms with van der Waals surface area (Å²) in [5.41, 5.74) is -0.171. The molecule has 0 saturated heterocycles. The molecule has 0 aliphatic carbocycles. The van der Waals surface area contributed by atoms with Gasteiger partial charge in [-0.05, 0) is 25.8 Å². The van der Waals surface area contributed by atoms with Gasteiger partial charge in [0.15, 0.2) is 5.41 Å². The third kappa shape index (κ3) is 15.7. The maximum atomic E-state index is 12.4. The van der Waals surface area contributed by atoms with Gasteiger partial charge < -0.3 is 9.47 Å². The van der Waals surface area contributed by atoms with Crippen LogP contribution in [0.2, 0.25) is 0 Å². The molecule has 0 aliphatic heterocycles. The number of esters is 2. The lowest BCUT2D eigenvalue weighted by atomic mass is 9.94. The summed E-state index contributed by atoms with van der Waals surface area (Å²) in [6.45, 7) is 6.06. The predicted molar refractivity (Wildman–Crippen MR) is 145 cm³/mol. The number of unbranched alkanes of at least 4 members (excludes halogenated alkanes) is 15. The molecule has 0 atom stereocenters. The fourth-order valence-corrected chi connectivity index (χ4v) is 4.17. The summed E-state index contributed by atoms with van der Waals surface area (Å²) >= 11 is 0. The molecular weight excluding hydrogens is 436 g/mol. The highest BCUT2D eigenvalue weighted by Gasteiger charge is 2.39. The van der Waals surface area contributed by atoms with Crippen molar-refractivity contribution in [2.45, 2.75) is 130 Å². The minimum atomic E-state index is -1.27. The van der Waals surface area contributed by atoms with E-state index in [1.807, 2.05) is 30.3 Å². The Morgan fingerprint density at radius 3 is 1.46 bits per heavy atom. The fraction of sp³-hybridized carbons (Fsp3) is 0.742. The second kappa shape index (κ2) is 20.4. The van der Waals surface area contributed by atoms with E-state index in [4.69, 9.17) is 9.47 Å². The van der Waals surface area contributed by atoms with Crippen LogP contribution in [0.3, 0.4) is 0 Å². The fourth-order valence-electron chi connectivity index (χ4n) is 4.17. The molecule has 0 fully saturated rings. The number of ether oxygens (including phenoxy) is 2. The van der Waals surface area contributed by atoms with E-state index >= 15 is 0 Å². The monoisotopic (exact) mass is 488 g/mol. The van der Waals surface area contributed by atoms with E-state index in [0.29, 0.717) is 13.0 Å². The number of hydrogen-bond donors (Lipinski definition) is 0. The van der Waals surface area contributed by atoms with Gasteiger partial charge in [0.25, 0.3) is 0 Å². The molecule has 0 heterocycles. The Morgan fingerprint density at radius 1 is 0.600 bits per heavy atom. The minimum absolute atomic E-state index is 0.263. The average Bonchev–Trinajstić information content (AvgIpc) is 2.86. The Bertz CT molecular complexity index is 653. The third-order valence-electron chi connectivity index (χ3n) is 6.72. The van der Waals surface area contributed by atoms with Crippen molar-refractivity contribution in [2.24, 2.45) is 5.41 Å². The quantitative estimate of drug-likeness (QED) is 0.0931. The minimum Gasteiger partial charge on any atom is -0.465 e. The van der Waals surface area contributed by atoms with Crippen molar-refractivity contribution in [3.63, 3.8) is 0 Å². The molecule has 4 heteroatoms. The van der Waals surface area contributed by atoms with Gasteiger partial charge in [-0.25, -0.2) is 0 Å². The summed E-state index contributed by atoms with van der Waals surface area (Å²) in [4.78, 5) is 24.7. The molecule has 0 saturated carbocycles. The van der Waals surface area contributed by atoms with Crippen LogP contribution in [-0.2, 0) is 25.5 Å². The molecule has 1 rings (SSSR count). The largest absolute Gasteiger partial charge is 0.465 e. The maximum Gasteiger partial charge on any atom is 0.322 e. The van der Waals surface area contributed by atoms with Gasteiger partial charge in [0.05, 0.1) is 13.2 Å². The number of carbonyl (C=O) groups is 2. The molecule has 4 nitrogen and oxygen atoms in total. The molecule has 35 heavy (non-hydrogen) atoms. The zero-order valence-corrected chi connectivity index (χ0v) is 23.0. The number of benzene rings is 1. The molecule has 0 amide bonds. The smallest absolute Gasteiger partial charge is 0.322 e. The van der Waals surface area contributed by atoms with E-state index in [1.165, 1.54) is 89.9 Å². The highest BCUT2D eigenvalue weighted by molar-refractivity contribution is 5.99. The van der Waals surface area contributed by atoms with Gasteiger partial charge in [0, 0.05) is 6.42 Å². The molecule has 1 aromatic carbocycles. The number of rotatable bonds is 22. The standard InChI is InChI=1S/C31H52O4/c1-4-5-6-7-8-9-10-11-12-13-14-15-16-17-18-22-26-34-29(32)31(2,3)30(33)35-27-25-28-23-20-19-21-24-28/h19-21,23-24H,4-18,22,25-27H2,1-3H3. The number of carbonyl (C=O) groups excluding carboxylic acids is 2. The van der Waals surface area contributed by atoms with Crippen LogP contribution in [0, 0.1) is 5.41 Å². The van der Waals surface area contributed by atoms with Gasteiger partial charge in [0.2, 0.25) is 0 Å². The summed E-state index contributed by atoms with van der Waals surface area (Å²) in [6, 6.07) is 9.85. The van der Waals surface area contributed by atoms with E-state index in [2.05, 4.69) is 6.92 Å². The van der Waals surface area contributed by atoms with E-state index in [9.17, 15) is 9.59 Å². The molecule has 0 aliphatic rings. The molecule has 0 spiro atoms. The van der Waals surface area contributed by atoms with Gasteiger partial charge in [-0.15, -0.1) is 0 Å². The summed E-state index contributed by atoms with van der Waals surface area (Å²) in [5.74, 6) is -1.02. The van der Waals surface area contributed by atoms with Crippen molar-refractivity contribution in [1.29, 1.82) is 0 Å². The molecule has 200 valence electrons. The van der Waals surface area contributed by atoms with Gasteiger partial charge in [-0.3, -0.25) is 9.59 Å². The van der Waals surface area contributed by atoms with Crippen LogP contribution in [0.5, 0.6) is 0 Å². The highest BCUT2D eigenvalue weighted by Crippen LogP contribution is 2.20. The lowest BCUT2D eigenvalue weighted by molar-refractivity contribution is -0.169. The van der Waals surface area contributed by atoms with Crippen LogP contribution in [0.15, 0.2) is 30.3 Å². The zero-order chi connectivity index (χ0) is 25.6. The Labute approximate surface area is 215 Å². The summed E-state index contributed by atoms with van der Waals surface area (Å²) < 4.78 is 10.7. The second-order valence-electron chi connectivity index (χ2n) is 10.4. The summed E-state index contributed by atoms with van der Waals surface area (Å²) in [5, 5.41) is 0. The van der Waals surface area contributed by atoms with Crippen LogP contribution in [-0.4, -0.2) is 25.2 Å². The Morgan fingerprint density at radius 2 is 1.00 bits per heavy atom. The van der Waals surface area contributed by atoms with Crippen LogP contribution in [0.4, 0.5) is 0 Å². The van der Waals surface area contributed by atoms with Gasteiger partial charge in [-0.1, -0.05) is 134 Å². The van der Waals surface area contributed by atoms with Crippen molar-refractivity contribution in [1.82, 2.24) is 0 Å². The first-order valence-corrected chi connectivity index (χ1v) is 14.4. The summed E-state index contributed by atoms with van der Waals surface area (Å²) in [7, 11) is 0. The third-order valence-corrected chi connectivity index (χ3v) is 6.72. The second-order valence-corrected chi connectivity index (χ2v) is 10.4. The van der Waals surface area contributed by atoms with Crippen LogP contribution < -0.4 is 0 Å². The molecule has 0 radical (unpaired) electrons. The Balaban J connectivity index is 1.94. The lowest BCUT2D eigenvalue weighted by Crippen LogP contribution is -2.37. The molecule has 1 aromatic rings. The first-order valence-electron chi connectivity index (χ1n) is 14.4. The average molecular weight is 489 g/mol. The van der Waals surface area contributed by atoms with E-state index in [1.54, 1.807) is 13.8 Å². The van der Waals surface area contributed by atoms with Gasteiger partial charge in [0.1, 0.15) is 0 Å². The van der Waals surface area contributed by atoms with Crippen LogP contribution in [0.1, 0.15) is 129 Å². The molecule has 0 bridgehead atoms.